The zero-order valence-electron chi connectivity index (χ0n) is 19.5. The molecule has 0 fully saturated rings. The molecule has 0 spiro atoms. The Morgan fingerprint density at radius 2 is 1.17 bits per heavy atom. The monoisotopic (exact) mass is 407 g/mol. The van der Waals surface area contributed by atoms with Crippen molar-refractivity contribution in [1.82, 2.24) is 15.5 Å². The first-order chi connectivity index (χ1) is 14.0. The van der Waals surface area contributed by atoms with Crippen molar-refractivity contribution >= 4 is 11.8 Å². The maximum Gasteiger partial charge on any atom is 0.223 e. The normalized spacial score (nSPS) is 13.9. The van der Waals surface area contributed by atoms with Gasteiger partial charge in [0.1, 0.15) is 0 Å². The highest BCUT2D eigenvalue weighted by molar-refractivity contribution is 5.77. The van der Waals surface area contributed by atoms with Crippen molar-refractivity contribution < 1.29 is 9.59 Å². The van der Waals surface area contributed by atoms with E-state index >= 15 is 0 Å². The number of nitrogens with zero attached hydrogens (tertiary/aromatic N) is 1. The standard InChI is InChI=1S/C24H45N3O2/c1-6-9-11-13-15-17-23(28)25-19-21(4)27(8-3)22(5)20-26-24(29)18-16-14-12-10-7-2/h13-16,21-22H,6-12,17-20H2,1-5H3,(H,25,28)(H,26,29)/b15-13+,16-14+. The van der Waals surface area contributed by atoms with Crippen molar-refractivity contribution in [1.29, 1.82) is 0 Å². The highest BCUT2D eigenvalue weighted by Crippen LogP contribution is 2.05. The minimum absolute atomic E-state index is 0.0662. The van der Waals surface area contributed by atoms with Crippen molar-refractivity contribution in [3.05, 3.63) is 24.3 Å². The Labute approximate surface area is 179 Å². The fourth-order valence-electron chi connectivity index (χ4n) is 3.22. The molecule has 5 heteroatoms. The summed E-state index contributed by atoms with van der Waals surface area (Å²) in [5.41, 5.74) is 0. The maximum absolute atomic E-state index is 12.0. The van der Waals surface area contributed by atoms with Gasteiger partial charge in [0, 0.05) is 38.0 Å². The van der Waals surface area contributed by atoms with Crippen LogP contribution in [0.15, 0.2) is 24.3 Å². The summed E-state index contributed by atoms with van der Waals surface area (Å²) in [6, 6.07) is 0.433. The largest absolute Gasteiger partial charge is 0.354 e. The number of allylic oxidation sites excluding steroid dienone is 2. The molecule has 29 heavy (non-hydrogen) atoms. The number of carbonyl (C=O) groups is 2. The summed E-state index contributed by atoms with van der Waals surface area (Å²) in [5, 5.41) is 6.05. The van der Waals surface area contributed by atoms with E-state index in [0.717, 1.165) is 19.4 Å². The van der Waals surface area contributed by atoms with Crippen molar-refractivity contribution in [3.8, 4) is 0 Å². The first kappa shape index (κ1) is 27.4. The molecule has 0 aliphatic heterocycles. The summed E-state index contributed by atoms with van der Waals surface area (Å²) in [4.78, 5) is 26.3. The molecule has 0 heterocycles. The van der Waals surface area contributed by atoms with Crippen molar-refractivity contribution in [3.63, 3.8) is 0 Å². The number of hydrogen-bond acceptors (Lipinski definition) is 3. The fraction of sp³-hybridized carbons (Fsp3) is 0.750. The first-order valence-corrected chi connectivity index (χ1v) is 11.5. The van der Waals surface area contributed by atoms with E-state index in [0.29, 0.717) is 25.9 Å². The number of rotatable bonds is 17. The second-order valence-corrected chi connectivity index (χ2v) is 7.77. The topological polar surface area (TPSA) is 61.4 Å². The molecule has 2 unspecified atom stereocenters. The van der Waals surface area contributed by atoms with Crippen molar-refractivity contribution in [2.45, 2.75) is 98.1 Å². The Morgan fingerprint density at radius 3 is 1.52 bits per heavy atom. The SMILES string of the molecule is CCCC/C=C/CC(=O)NCC(C)N(CC)C(C)CNC(=O)C/C=C/CCCC. The minimum atomic E-state index is 0.0662. The number of amides is 2. The van der Waals surface area contributed by atoms with Crippen LogP contribution in [0.3, 0.4) is 0 Å². The zero-order valence-corrected chi connectivity index (χ0v) is 19.5. The highest BCUT2D eigenvalue weighted by atomic mass is 16.2. The molecule has 168 valence electrons. The Hall–Kier alpha value is -1.62. The molecule has 0 aliphatic rings. The summed E-state index contributed by atoms with van der Waals surface area (Å²) >= 11 is 0. The van der Waals surface area contributed by atoms with Gasteiger partial charge in [0.15, 0.2) is 0 Å². The highest BCUT2D eigenvalue weighted by Gasteiger charge is 2.19. The lowest BCUT2D eigenvalue weighted by Gasteiger charge is -2.33. The molecular formula is C24H45N3O2. The van der Waals surface area contributed by atoms with Gasteiger partial charge in [-0.05, 0) is 33.2 Å². The maximum atomic E-state index is 12.0. The minimum Gasteiger partial charge on any atom is -0.354 e. The van der Waals surface area contributed by atoms with Crippen LogP contribution in [-0.4, -0.2) is 48.4 Å². The van der Waals surface area contributed by atoms with Crippen LogP contribution in [0.5, 0.6) is 0 Å². The van der Waals surface area contributed by atoms with Crippen LogP contribution in [-0.2, 0) is 9.59 Å². The quantitative estimate of drug-likeness (QED) is 0.274. The Balaban J connectivity index is 4.19. The molecule has 5 nitrogen and oxygen atoms in total. The molecule has 2 amide bonds. The van der Waals surface area contributed by atoms with E-state index in [9.17, 15) is 9.59 Å². The third kappa shape index (κ3) is 15.0. The number of unbranched alkanes of at least 4 members (excludes halogenated alkanes) is 4. The summed E-state index contributed by atoms with van der Waals surface area (Å²) < 4.78 is 0. The van der Waals surface area contributed by atoms with Gasteiger partial charge in [0.2, 0.25) is 11.8 Å². The second kappa shape index (κ2) is 18.4. The van der Waals surface area contributed by atoms with Crippen LogP contribution in [0.25, 0.3) is 0 Å². The van der Waals surface area contributed by atoms with Crippen LogP contribution in [0.2, 0.25) is 0 Å². The molecule has 0 radical (unpaired) electrons. The molecule has 0 rings (SSSR count). The van der Waals surface area contributed by atoms with Crippen LogP contribution < -0.4 is 10.6 Å². The summed E-state index contributed by atoms with van der Waals surface area (Å²) in [7, 11) is 0. The van der Waals surface area contributed by atoms with Crippen LogP contribution >= 0.6 is 0 Å². The summed E-state index contributed by atoms with van der Waals surface area (Å²) in [6.45, 7) is 12.8. The summed E-state index contributed by atoms with van der Waals surface area (Å²) in [5.74, 6) is 0.132. The van der Waals surface area contributed by atoms with E-state index in [2.05, 4.69) is 62.3 Å². The molecule has 2 atom stereocenters. The zero-order chi connectivity index (χ0) is 21.9. The predicted molar refractivity (Wildman–Crippen MR) is 124 cm³/mol. The molecule has 0 aromatic heterocycles. The Kier molecular flexibility index (Phi) is 17.4. The van der Waals surface area contributed by atoms with Gasteiger partial charge < -0.3 is 10.6 Å². The Morgan fingerprint density at radius 1 is 0.759 bits per heavy atom. The van der Waals surface area contributed by atoms with E-state index < -0.39 is 0 Å². The summed E-state index contributed by atoms with van der Waals surface area (Å²) in [6.07, 6.45) is 15.8. The van der Waals surface area contributed by atoms with Gasteiger partial charge in [-0.2, -0.15) is 0 Å². The average Bonchev–Trinajstić information content (AvgIpc) is 2.71. The second-order valence-electron chi connectivity index (χ2n) is 7.77. The number of hydrogen-bond donors (Lipinski definition) is 2. The van der Waals surface area contributed by atoms with E-state index in [1.807, 2.05) is 12.2 Å². The predicted octanol–water partition coefficient (Wildman–Crippen LogP) is 4.59. The van der Waals surface area contributed by atoms with E-state index in [-0.39, 0.29) is 23.9 Å². The molecular weight excluding hydrogens is 362 g/mol. The van der Waals surface area contributed by atoms with Crippen molar-refractivity contribution in [2.24, 2.45) is 0 Å². The molecule has 2 N–H and O–H groups in total. The smallest absolute Gasteiger partial charge is 0.223 e. The van der Waals surface area contributed by atoms with Gasteiger partial charge >= 0.3 is 0 Å². The lowest BCUT2D eigenvalue weighted by molar-refractivity contribution is -0.121. The van der Waals surface area contributed by atoms with E-state index in [4.69, 9.17) is 0 Å². The van der Waals surface area contributed by atoms with E-state index in [1.165, 1.54) is 25.7 Å². The van der Waals surface area contributed by atoms with Gasteiger partial charge in [-0.15, -0.1) is 0 Å². The Bertz CT molecular complexity index is 447. The molecule has 0 aliphatic carbocycles. The molecule has 0 saturated carbocycles. The third-order valence-electron chi connectivity index (χ3n) is 5.08. The van der Waals surface area contributed by atoms with Gasteiger partial charge in [0.25, 0.3) is 0 Å². The van der Waals surface area contributed by atoms with Crippen LogP contribution in [0.1, 0.15) is 86.0 Å². The van der Waals surface area contributed by atoms with Crippen molar-refractivity contribution in [2.75, 3.05) is 19.6 Å². The number of carbonyl (C=O) groups excluding carboxylic acids is 2. The van der Waals surface area contributed by atoms with Crippen LogP contribution in [0.4, 0.5) is 0 Å². The molecule has 0 aromatic carbocycles. The number of nitrogens with one attached hydrogen (secondary N) is 2. The van der Waals surface area contributed by atoms with Gasteiger partial charge in [0.05, 0.1) is 0 Å². The molecule has 0 aromatic rings. The number of likely N-dealkylation sites (N-methyl/N-ethyl adjacent to an activating group) is 1. The van der Waals surface area contributed by atoms with Crippen LogP contribution in [0, 0.1) is 0 Å². The third-order valence-corrected chi connectivity index (χ3v) is 5.08. The lowest BCUT2D eigenvalue weighted by atomic mass is 10.2. The lowest BCUT2D eigenvalue weighted by Crippen LogP contribution is -2.50. The molecule has 0 saturated heterocycles. The fourth-order valence-corrected chi connectivity index (χ4v) is 3.22. The average molecular weight is 408 g/mol. The van der Waals surface area contributed by atoms with Gasteiger partial charge in [-0.1, -0.05) is 70.8 Å². The molecule has 0 bridgehead atoms. The van der Waals surface area contributed by atoms with E-state index in [1.54, 1.807) is 0 Å². The van der Waals surface area contributed by atoms with Gasteiger partial charge in [-0.25, -0.2) is 0 Å². The van der Waals surface area contributed by atoms with Gasteiger partial charge in [-0.3, -0.25) is 14.5 Å². The first-order valence-electron chi connectivity index (χ1n) is 11.5.